The molecule has 1 aromatic rings. The first-order valence-corrected chi connectivity index (χ1v) is 11.1. The Hall–Kier alpha value is -1.99. The van der Waals surface area contributed by atoms with E-state index in [1.54, 1.807) is 25.3 Å². The molecule has 2 rings (SSSR count). The van der Waals surface area contributed by atoms with E-state index in [0.717, 1.165) is 19.3 Å². The summed E-state index contributed by atoms with van der Waals surface area (Å²) in [5.74, 6) is 0.861. The number of unbranched alkanes of at least 4 members (excludes halogenated alkanes) is 5. The van der Waals surface area contributed by atoms with Gasteiger partial charge in [0.05, 0.1) is 31.3 Å². The molecular formula is C22H31NO5S. The predicted molar refractivity (Wildman–Crippen MR) is 116 cm³/mol. The van der Waals surface area contributed by atoms with Gasteiger partial charge in [-0.15, -0.1) is 11.8 Å². The van der Waals surface area contributed by atoms with Gasteiger partial charge in [-0.3, -0.25) is 14.5 Å². The van der Waals surface area contributed by atoms with E-state index in [0.29, 0.717) is 39.8 Å². The molecule has 1 N–H and O–H groups in total. The molecule has 0 aliphatic carbocycles. The SMILES string of the molecule is CCCCCCCCN1C(=O)C(SCCO)=C(c2ccc(OC)c(OC)c2)C1=O. The van der Waals surface area contributed by atoms with Crippen LogP contribution in [0.2, 0.25) is 0 Å². The zero-order valence-electron chi connectivity index (χ0n) is 17.5. The summed E-state index contributed by atoms with van der Waals surface area (Å²) < 4.78 is 10.6. The Bertz CT molecular complexity index is 747. The van der Waals surface area contributed by atoms with Crippen molar-refractivity contribution in [1.29, 1.82) is 0 Å². The summed E-state index contributed by atoms with van der Waals surface area (Å²) >= 11 is 1.22. The molecule has 0 atom stereocenters. The Kier molecular flexibility index (Phi) is 9.54. The van der Waals surface area contributed by atoms with Crippen molar-refractivity contribution >= 4 is 29.1 Å². The molecule has 0 fully saturated rings. The molecule has 0 saturated heterocycles. The molecule has 29 heavy (non-hydrogen) atoms. The van der Waals surface area contributed by atoms with Crippen molar-refractivity contribution in [2.75, 3.05) is 33.1 Å². The summed E-state index contributed by atoms with van der Waals surface area (Å²) in [5.41, 5.74) is 0.993. The normalized spacial score (nSPS) is 14.1. The van der Waals surface area contributed by atoms with Gasteiger partial charge in [0.25, 0.3) is 11.8 Å². The van der Waals surface area contributed by atoms with Gasteiger partial charge in [0.15, 0.2) is 11.5 Å². The van der Waals surface area contributed by atoms with E-state index in [2.05, 4.69) is 6.92 Å². The first kappa shape index (κ1) is 23.3. The summed E-state index contributed by atoms with van der Waals surface area (Å²) in [6, 6.07) is 5.20. The summed E-state index contributed by atoms with van der Waals surface area (Å²) in [4.78, 5) is 27.8. The van der Waals surface area contributed by atoms with Gasteiger partial charge in [-0.25, -0.2) is 0 Å². The zero-order chi connectivity index (χ0) is 21.2. The van der Waals surface area contributed by atoms with E-state index >= 15 is 0 Å². The molecular weight excluding hydrogens is 390 g/mol. The Morgan fingerprint density at radius 2 is 1.66 bits per heavy atom. The molecule has 160 valence electrons. The number of thioether (sulfide) groups is 1. The number of nitrogens with zero attached hydrogens (tertiary/aromatic N) is 1. The van der Waals surface area contributed by atoms with Crippen LogP contribution in [0.3, 0.4) is 0 Å². The molecule has 0 unspecified atom stereocenters. The van der Waals surface area contributed by atoms with Crippen molar-refractivity contribution in [2.24, 2.45) is 0 Å². The second kappa shape index (κ2) is 11.9. The van der Waals surface area contributed by atoms with Crippen molar-refractivity contribution in [3.63, 3.8) is 0 Å². The van der Waals surface area contributed by atoms with E-state index in [-0.39, 0.29) is 18.4 Å². The van der Waals surface area contributed by atoms with E-state index in [1.807, 2.05) is 0 Å². The molecule has 1 aliphatic rings. The number of amides is 2. The van der Waals surface area contributed by atoms with E-state index in [4.69, 9.17) is 9.47 Å². The second-order valence-corrected chi connectivity index (χ2v) is 7.98. The minimum absolute atomic E-state index is 0.0632. The molecule has 7 heteroatoms. The highest BCUT2D eigenvalue weighted by molar-refractivity contribution is 8.04. The van der Waals surface area contributed by atoms with Crippen LogP contribution in [-0.4, -0.2) is 54.9 Å². The Labute approximate surface area is 177 Å². The smallest absolute Gasteiger partial charge is 0.267 e. The minimum atomic E-state index is -0.281. The largest absolute Gasteiger partial charge is 0.493 e. The fraction of sp³-hybridized carbons (Fsp3) is 0.545. The van der Waals surface area contributed by atoms with Crippen molar-refractivity contribution < 1.29 is 24.2 Å². The monoisotopic (exact) mass is 421 g/mol. The summed E-state index contributed by atoms with van der Waals surface area (Å²) in [7, 11) is 3.08. The average Bonchev–Trinajstić information content (AvgIpc) is 2.97. The number of benzene rings is 1. The van der Waals surface area contributed by atoms with Gasteiger partial charge in [-0.1, -0.05) is 45.1 Å². The third-order valence-electron chi connectivity index (χ3n) is 4.87. The van der Waals surface area contributed by atoms with E-state index in [9.17, 15) is 14.7 Å². The molecule has 1 aromatic carbocycles. The van der Waals surface area contributed by atoms with Gasteiger partial charge in [0.2, 0.25) is 0 Å². The van der Waals surface area contributed by atoms with Gasteiger partial charge in [-0.2, -0.15) is 0 Å². The zero-order valence-corrected chi connectivity index (χ0v) is 18.3. The summed E-state index contributed by atoms with van der Waals surface area (Å²) in [6.45, 7) is 2.53. The summed E-state index contributed by atoms with van der Waals surface area (Å²) in [5, 5.41) is 9.21. The highest BCUT2D eigenvalue weighted by Crippen LogP contribution is 2.39. The standard InChI is InChI=1S/C22H31NO5S/c1-4-5-6-7-8-9-12-23-21(25)19(20(22(23)26)29-14-13-24)16-10-11-17(27-2)18(15-16)28-3/h10-11,15,24H,4-9,12-14H2,1-3H3. The van der Waals surface area contributed by atoms with E-state index < -0.39 is 0 Å². The third kappa shape index (κ3) is 5.76. The first-order chi connectivity index (χ1) is 14.1. The lowest BCUT2D eigenvalue weighted by molar-refractivity contribution is -0.136. The predicted octanol–water partition coefficient (Wildman–Crippen LogP) is 3.87. The van der Waals surface area contributed by atoms with E-state index in [1.165, 1.54) is 43.0 Å². The molecule has 0 bridgehead atoms. The molecule has 1 aliphatic heterocycles. The Morgan fingerprint density at radius 3 is 2.31 bits per heavy atom. The summed E-state index contributed by atoms with van der Waals surface area (Å²) in [6.07, 6.45) is 6.51. The lowest BCUT2D eigenvalue weighted by Gasteiger charge is -2.15. The molecule has 0 spiro atoms. The Balaban J connectivity index is 2.21. The van der Waals surface area contributed by atoms with Crippen LogP contribution in [0.5, 0.6) is 11.5 Å². The van der Waals surface area contributed by atoms with Crippen LogP contribution >= 0.6 is 11.8 Å². The minimum Gasteiger partial charge on any atom is -0.493 e. The number of aliphatic hydroxyl groups excluding tert-OH is 1. The molecule has 6 nitrogen and oxygen atoms in total. The third-order valence-corrected chi connectivity index (χ3v) is 5.92. The van der Waals surface area contributed by atoms with Gasteiger partial charge >= 0.3 is 0 Å². The first-order valence-electron chi connectivity index (χ1n) is 10.2. The molecule has 2 amide bonds. The highest BCUT2D eigenvalue weighted by atomic mass is 32.2. The van der Waals surface area contributed by atoms with Crippen molar-refractivity contribution in [2.45, 2.75) is 45.4 Å². The lowest BCUT2D eigenvalue weighted by atomic mass is 10.1. The van der Waals surface area contributed by atoms with Gasteiger partial charge in [0.1, 0.15) is 0 Å². The quantitative estimate of drug-likeness (QED) is 0.385. The van der Waals surface area contributed by atoms with Crippen molar-refractivity contribution in [1.82, 2.24) is 4.90 Å². The maximum absolute atomic E-state index is 13.1. The number of carbonyl (C=O) groups excluding carboxylic acids is 2. The number of hydrogen-bond acceptors (Lipinski definition) is 6. The molecule has 0 radical (unpaired) electrons. The number of ether oxygens (including phenoxy) is 2. The fourth-order valence-electron chi connectivity index (χ4n) is 3.34. The van der Waals surface area contributed by atoms with Gasteiger partial charge in [0, 0.05) is 12.3 Å². The maximum atomic E-state index is 13.1. The lowest BCUT2D eigenvalue weighted by Crippen LogP contribution is -2.32. The van der Waals surface area contributed by atoms with Crippen LogP contribution in [0.1, 0.15) is 51.0 Å². The van der Waals surface area contributed by atoms with Crippen LogP contribution in [0.4, 0.5) is 0 Å². The number of hydrogen-bond donors (Lipinski definition) is 1. The number of aliphatic hydroxyl groups is 1. The highest BCUT2D eigenvalue weighted by Gasteiger charge is 2.38. The van der Waals surface area contributed by atoms with Crippen LogP contribution in [0.25, 0.3) is 5.57 Å². The van der Waals surface area contributed by atoms with Crippen molar-refractivity contribution in [3.05, 3.63) is 28.7 Å². The molecule has 0 aromatic heterocycles. The number of rotatable bonds is 13. The van der Waals surface area contributed by atoms with Crippen LogP contribution in [-0.2, 0) is 9.59 Å². The number of carbonyl (C=O) groups is 2. The number of methoxy groups -OCH3 is 2. The van der Waals surface area contributed by atoms with Crippen LogP contribution in [0, 0.1) is 0 Å². The van der Waals surface area contributed by atoms with Crippen LogP contribution in [0.15, 0.2) is 23.1 Å². The van der Waals surface area contributed by atoms with Gasteiger partial charge in [-0.05, 0) is 24.1 Å². The maximum Gasteiger partial charge on any atom is 0.267 e. The molecule has 1 heterocycles. The number of imide groups is 1. The van der Waals surface area contributed by atoms with Crippen LogP contribution < -0.4 is 9.47 Å². The average molecular weight is 422 g/mol. The molecule has 0 saturated carbocycles. The second-order valence-electron chi connectivity index (χ2n) is 6.88. The topological polar surface area (TPSA) is 76.1 Å². The van der Waals surface area contributed by atoms with Gasteiger partial charge < -0.3 is 14.6 Å². The fourth-order valence-corrected chi connectivity index (χ4v) is 4.21. The van der Waals surface area contributed by atoms with Crippen molar-refractivity contribution in [3.8, 4) is 11.5 Å². The Morgan fingerprint density at radius 1 is 0.966 bits per heavy atom.